The van der Waals surface area contributed by atoms with E-state index in [4.69, 9.17) is 0 Å². The van der Waals surface area contributed by atoms with Gasteiger partial charge < -0.3 is 15.5 Å². The number of aromatic nitrogens is 4. The van der Waals surface area contributed by atoms with E-state index < -0.39 is 0 Å². The summed E-state index contributed by atoms with van der Waals surface area (Å²) in [6.45, 7) is 9.47. The monoisotopic (exact) mass is 395 g/mol. The van der Waals surface area contributed by atoms with Crippen LogP contribution in [0.3, 0.4) is 0 Å². The van der Waals surface area contributed by atoms with Crippen molar-refractivity contribution in [2.75, 3.05) is 36.4 Å². The van der Waals surface area contributed by atoms with Crippen molar-refractivity contribution in [3.8, 4) is 11.3 Å². The van der Waals surface area contributed by atoms with Gasteiger partial charge in [-0.2, -0.15) is 5.10 Å². The molecule has 0 unspecified atom stereocenters. The second-order valence-electron chi connectivity index (χ2n) is 7.56. The van der Waals surface area contributed by atoms with Crippen molar-refractivity contribution in [1.82, 2.24) is 25.1 Å². The molecule has 0 saturated carbocycles. The van der Waals surface area contributed by atoms with E-state index in [1.54, 1.807) is 12.4 Å². The van der Waals surface area contributed by atoms with Gasteiger partial charge in [-0.1, -0.05) is 0 Å². The molecule has 1 aliphatic heterocycles. The van der Waals surface area contributed by atoms with Crippen LogP contribution in [-0.2, 0) is 0 Å². The van der Waals surface area contributed by atoms with Crippen LogP contribution in [0.4, 0.5) is 21.7 Å². The van der Waals surface area contributed by atoms with Gasteiger partial charge in [0.2, 0.25) is 5.95 Å². The van der Waals surface area contributed by atoms with E-state index in [0.29, 0.717) is 17.3 Å². The summed E-state index contributed by atoms with van der Waals surface area (Å²) in [6, 6.07) is 5.45. The molecule has 0 radical (unpaired) electrons. The number of nitrogens with one attached hydrogen (secondary N) is 2. The van der Waals surface area contributed by atoms with Crippen LogP contribution in [0.5, 0.6) is 0 Å². The average Bonchev–Trinajstić information content (AvgIpc) is 3.21. The van der Waals surface area contributed by atoms with Crippen molar-refractivity contribution in [2.24, 2.45) is 0 Å². The molecule has 0 amide bonds. The lowest BCUT2D eigenvalue weighted by Gasteiger charge is -2.29. The Hall–Kier alpha value is -3.00. The van der Waals surface area contributed by atoms with Gasteiger partial charge in [-0.3, -0.25) is 4.68 Å². The lowest BCUT2D eigenvalue weighted by molar-refractivity contribution is 0.532. The molecule has 7 nitrogen and oxygen atoms in total. The first-order valence-corrected chi connectivity index (χ1v) is 9.91. The summed E-state index contributed by atoms with van der Waals surface area (Å²) in [4.78, 5) is 11.0. The number of benzene rings is 1. The van der Waals surface area contributed by atoms with E-state index in [2.05, 4.69) is 44.4 Å². The molecule has 0 atom stereocenters. The lowest BCUT2D eigenvalue weighted by Crippen LogP contribution is -2.43. The first-order valence-electron chi connectivity index (χ1n) is 9.91. The normalized spacial score (nSPS) is 14.4. The minimum Gasteiger partial charge on any atom is -0.367 e. The summed E-state index contributed by atoms with van der Waals surface area (Å²) in [5.41, 5.74) is 3.95. The lowest BCUT2D eigenvalue weighted by atomic mass is 10.1. The Morgan fingerprint density at radius 2 is 1.97 bits per heavy atom. The molecule has 152 valence electrons. The van der Waals surface area contributed by atoms with Gasteiger partial charge >= 0.3 is 0 Å². The molecule has 0 spiro atoms. The molecular weight excluding hydrogens is 369 g/mol. The molecule has 1 aliphatic rings. The molecule has 8 heteroatoms. The topological polar surface area (TPSA) is 70.9 Å². The molecule has 2 aromatic heterocycles. The zero-order valence-corrected chi connectivity index (χ0v) is 17.0. The van der Waals surface area contributed by atoms with Crippen LogP contribution in [0.25, 0.3) is 11.3 Å². The van der Waals surface area contributed by atoms with Crippen molar-refractivity contribution in [3.63, 3.8) is 0 Å². The van der Waals surface area contributed by atoms with Crippen LogP contribution in [0.2, 0.25) is 0 Å². The van der Waals surface area contributed by atoms with Crippen LogP contribution >= 0.6 is 0 Å². The molecule has 1 fully saturated rings. The first kappa shape index (κ1) is 19.3. The van der Waals surface area contributed by atoms with E-state index in [1.807, 2.05) is 29.9 Å². The minimum atomic E-state index is -0.248. The SMILES string of the molecule is Cc1cnc(Nc2ccc(N3CCNCC3)c(F)c2)nc1-c1cnn(C(C)C)c1. The number of piperazine rings is 1. The molecule has 4 rings (SSSR count). The smallest absolute Gasteiger partial charge is 0.227 e. The van der Waals surface area contributed by atoms with Gasteiger partial charge in [-0.15, -0.1) is 0 Å². The third kappa shape index (κ3) is 4.22. The second-order valence-corrected chi connectivity index (χ2v) is 7.56. The fourth-order valence-corrected chi connectivity index (χ4v) is 3.41. The number of anilines is 3. The standard InChI is InChI=1S/C21H26FN7/c1-14(2)29-13-16(12-25-29)20-15(3)11-24-21(27-20)26-17-4-5-19(18(22)10-17)28-8-6-23-7-9-28/h4-5,10-14,23H,6-9H2,1-3H3,(H,24,26,27). The van der Waals surface area contributed by atoms with Crippen molar-refractivity contribution in [2.45, 2.75) is 26.8 Å². The van der Waals surface area contributed by atoms with E-state index in [-0.39, 0.29) is 11.9 Å². The van der Waals surface area contributed by atoms with E-state index in [9.17, 15) is 4.39 Å². The Labute approximate surface area is 170 Å². The highest BCUT2D eigenvalue weighted by Crippen LogP contribution is 2.26. The maximum Gasteiger partial charge on any atom is 0.227 e. The first-order chi connectivity index (χ1) is 14.0. The van der Waals surface area contributed by atoms with Gasteiger partial charge in [-0.05, 0) is 44.5 Å². The predicted molar refractivity (Wildman–Crippen MR) is 113 cm³/mol. The molecule has 1 aromatic carbocycles. The Bertz CT molecular complexity index is 992. The average molecular weight is 395 g/mol. The zero-order chi connectivity index (χ0) is 20.4. The second kappa shape index (κ2) is 8.16. The number of aryl methyl sites for hydroxylation is 1. The van der Waals surface area contributed by atoms with Crippen LogP contribution in [-0.4, -0.2) is 45.9 Å². The largest absolute Gasteiger partial charge is 0.367 e. The van der Waals surface area contributed by atoms with Crippen molar-refractivity contribution >= 4 is 17.3 Å². The molecule has 29 heavy (non-hydrogen) atoms. The molecule has 0 aliphatic carbocycles. The Balaban J connectivity index is 1.55. The number of hydrogen-bond donors (Lipinski definition) is 2. The predicted octanol–water partition coefficient (Wildman–Crippen LogP) is 3.52. The van der Waals surface area contributed by atoms with E-state index in [1.165, 1.54) is 6.07 Å². The van der Waals surface area contributed by atoms with Crippen molar-refractivity contribution < 1.29 is 4.39 Å². The number of halogens is 1. The van der Waals surface area contributed by atoms with Crippen LogP contribution in [0.1, 0.15) is 25.5 Å². The van der Waals surface area contributed by atoms with Gasteiger partial charge in [0.05, 0.1) is 17.6 Å². The Kier molecular flexibility index (Phi) is 5.44. The van der Waals surface area contributed by atoms with Gasteiger partial charge in [0.15, 0.2) is 0 Å². The quantitative estimate of drug-likeness (QED) is 0.689. The summed E-state index contributed by atoms with van der Waals surface area (Å²) in [5, 5.41) is 10.8. The van der Waals surface area contributed by atoms with E-state index in [0.717, 1.165) is 43.0 Å². The van der Waals surface area contributed by atoms with Gasteiger partial charge in [-0.25, -0.2) is 14.4 Å². The maximum absolute atomic E-state index is 14.7. The Morgan fingerprint density at radius 3 is 2.66 bits per heavy atom. The highest BCUT2D eigenvalue weighted by Gasteiger charge is 2.15. The van der Waals surface area contributed by atoms with Crippen LogP contribution in [0.15, 0.2) is 36.8 Å². The highest BCUT2D eigenvalue weighted by molar-refractivity contribution is 5.65. The minimum absolute atomic E-state index is 0.248. The van der Waals surface area contributed by atoms with Gasteiger partial charge in [0.25, 0.3) is 0 Å². The molecule has 3 aromatic rings. The summed E-state index contributed by atoms with van der Waals surface area (Å²) < 4.78 is 16.6. The third-order valence-corrected chi connectivity index (χ3v) is 5.04. The van der Waals surface area contributed by atoms with Crippen LogP contribution in [0, 0.1) is 12.7 Å². The molecule has 0 bridgehead atoms. The van der Waals surface area contributed by atoms with Crippen LogP contribution < -0.4 is 15.5 Å². The maximum atomic E-state index is 14.7. The van der Waals surface area contributed by atoms with E-state index >= 15 is 0 Å². The van der Waals surface area contributed by atoms with Crippen molar-refractivity contribution in [3.05, 3.63) is 48.2 Å². The summed E-state index contributed by atoms with van der Waals surface area (Å²) in [5.74, 6) is 0.180. The zero-order valence-electron chi connectivity index (χ0n) is 17.0. The molecule has 1 saturated heterocycles. The van der Waals surface area contributed by atoms with Gasteiger partial charge in [0.1, 0.15) is 5.82 Å². The summed E-state index contributed by atoms with van der Waals surface area (Å²) in [7, 11) is 0. The third-order valence-electron chi connectivity index (χ3n) is 5.04. The fourth-order valence-electron chi connectivity index (χ4n) is 3.41. The number of nitrogens with zero attached hydrogens (tertiary/aromatic N) is 5. The fraction of sp³-hybridized carbons (Fsp3) is 0.381. The molecule has 2 N–H and O–H groups in total. The van der Waals surface area contributed by atoms with Gasteiger partial charge in [0, 0.05) is 55.9 Å². The summed E-state index contributed by atoms with van der Waals surface area (Å²) >= 11 is 0. The Morgan fingerprint density at radius 1 is 1.17 bits per heavy atom. The highest BCUT2D eigenvalue weighted by atomic mass is 19.1. The number of rotatable bonds is 5. The summed E-state index contributed by atoms with van der Waals surface area (Å²) in [6.07, 6.45) is 5.55. The molecular formula is C21H26FN7. The number of hydrogen-bond acceptors (Lipinski definition) is 6. The molecule has 3 heterocycles. The van der Waals surface area contributed by atoms with Crippen molar-refractivity contribution in [1.29, 1.82) is 0 Å².